The van der Waals surface area contributed by atoms with E-state index in [1.54, 1.807) is 19.1 Å². The highest BCUT2D eigenvalue weighted by Gasteiger charge is 2.24. The van der Waals surface area contributed by atoms with E-state index in [0.717, 1.165) is 5.56 Å². The number of carbonyl (C=O) groups is 1. The molecule has 0 radical (unpaired) electrons. The number of nitrogens with one attached hydrogen (secondary N) is 2. The molecule has 0 saturated carbocycles. The molecule has 0 saturated heterocycles. The monoisotopic (exact) mass is 294 g/mol. The molecule has 106 valence electrons. The molecule has 6 heteroatoms. The number of thiophene rings is 1. The van der Waals surface area contributed by atoms with E-state index < -0.39 is 17.4 Å². The second kappa shape index (κ2) is 6.02. The zero-order chi connectivity index (χ0) is 14.6. The predicted octanol–water partition coefficient (Wildman–Crippen LogP) is 2.92. The van der Waals surface area contributed by atoms with Crippen molar-refractivity contribution in [1.82, 2.24) is 5.32 Å². The van der Waals surface area contributed by atoms with E-state index in [9.17, 15) is 14.3 Å². The zero-order valence-electron chi connectivity index (χ0n) is 10.9. The number of hydrogen-bond donors (Lipinski definition) is 3. The van der Waals surface area contributed by atoms with Gasteiger partial charge >= 0.3 is 6.03 Å². The van der Waals surface area contributed by atoms with Crippen LogP contribution in [0.15, 0.2) is 41.1 Å². The van der Waals surface area contributed by atoms with Crippen LogP contribution in [-0.2, 0) is 5.60 Å². The smallest absolute Gasteiger partial charge is 0.319 e. The number of aliphatic hydroxyl groups is 1. The van der Waals surface area contributed by atoms with E-state index in [0.29, 0.717) is 5.69 Å². The average Bonchev–Trinajstić information content (AvgIpc) is 2.91. The number of amides is 2. The molecular weight excluding hydrogens is 279 g/mol. The SMILES string of the molecule is C[C@@](O)(CNC(=O)Nc1cccc(F)c1)c1ccsc1. The first-order valence-electron chi connectivity index (χ1n) is 6.03. The average molecular weight is 294 g/mol. The Bertz CT molecular complexity index is 585. The highest BCUT2D eigenvalue weighted by atomic mass is 32.1. The lowest BCUT2D eigenvalue weighted by Gasteiger charge is -2.22. The maximum atomic E-state index is 13.0. The Labute approximate surface area is 120 Å². The van der Waals surface area contributed by atoms with Gasteiger partial charge in [-0.15, -0.1) is 0 Å². The Morgan fingerprint density at radius 2 is 2.25 bits per heavy atom. The summed E-state index contributed by atoms with van der Waals surface area (Å²) in [5.74, 6) is -0.423. The summed E-state index contributed by atoms with van der Waals surface area (Å²) >= 11 is 1.47. The van der Waals surface area contributed by atoms with Gasteiger partial charge in [0.05, 0.1) is 6.54 Å². The van der Waals surface area contributed by atoms with Crippen LogP contribution in [0.25, 0.3) is 0 Å². The van der Waals surface area contributed by atoms with Crippen LogP contribution >= 0.6 is 11.3 Å². The summed E-state index contributed by atoms with van der Waals surface area (Å²) in [6, 6.07) is 6.91. The quantitative estimate of drug-likeness (QED) is 0.812. The number of rotatable bonds is 4. The van der Waals surface area contributed by atoms with Crippen molar-refractivity contribution in [3.05, 3.63) is 52.5 Å². The van der Waals surface area contributed by atoms with E-state index in [1.165, 1.54) is 29.5 Å². The molecule has 0 aliphatic heterocycles. The van der Waals surface area contributed by atoms with Crippen molar-refractivity contribution in [1.29, 1.82) is 0 Å². The molecule has 1 aromatic carbocycles. The van der Waals surface area contributed by atoms with Gasteiger partial charge in [-0.3, -0.25) is 0 Å². The van der Waals surface area contributed by atoms with E-state index in [4.69, 9.17) is 0 Å². The molecule has 0 aliphatic rings. The molecule has 0 fully saturated rings. The van der Waals surface area contributed by atoms with Crippen molar-refractivity contribution >= 4 is 23.1 Å². The third kappa shape index (κ3) is 3.79. The molecule has 0 aliphatic carbocycles. The molecule has 2 aromatic rings. The molecule has 1 atom stereocenters. The summed E-state index contributed by atoms with van der Waals surface area (Å²) in [6.07, 6.45) is 0. The molecule has 1 heterocycles. The summed E-state index contributed by atoms with van der Waals surface area (Å²) in [6.45, 7) is 1.68. The van der Waals surface area contributed by atoms with Crippen molar-refractivity contribution in [2.75, 3.05) is 11.9 Å². The summed E-state index contributed by atoms with van der Waals surface area (Å²) in [5, 5.41) is 19.0. The minimum Gasteiger partial charge on any atom is -0.384 e. The van der Waals surface area contributed by atoms with Gasteiger partial charge in [0, 0.05) is 5.69 Å². The van der Waals surface area contributed by atoms with Gasteiger partial charge in [-0.2, -0.15) is 11.3 Å². The van der Waals surface area contributed by atoms with Crippen molar-refractivity contribution in [3.63, 3.8) is 0 Å². The molecule has 3 N–H and O–H groups in total. The van der Waals surface area contributed by atoms with Gasteiger partial charge in [0.2, 0.25) is 0 Å². The third-order valence-corrected chi connectivity index (χ3v) is 3.50. The lowest BCUT2D eigenvalue weighted by Crippen LogP contribution is -2.40. The molecule has 4 nitrogen and oxygen atoms in total. The first kappa shape index (κ1) is 14.5. The molecular formula is C14H15FN2O2S. The molecule has 20 heavy (non-hydrogen) atoms. The number of benzene rings is 1. The number of anilines is 1. The van der Waals surface area contributed by atoms with E-state index in [2.05, 4.69) is 10.6 Å². The van der Waals surface area contributed by atoms with Gasteiger partial charge in [-0.25, -0.2) is 9.18 Å². The van der Waals surface area contributed by atoms with Crippen LogP contribution in [0.5, 0.6) is 0 Å². The normalized spacial score (nSPS) is 13.6. The predicted molar refractivity (Wildman–Crippen MR) is 77.3 cm³/mol. The van der Waals surface area contributed by atoms with Crippen LogP contribution in [0, 0.1) is 5.82 Å². The molecule has 1 aromatic heterocycles. The highest BCUT2D eigenvalue weighted by Crippen LogP contribution is 2.22. The summed E-state index contributed by atoms with van der Waals surface area (Å²) in [7, 11) is 0. The van der Waals surface area contributed by atoms with Crippen LogP contribution in [0.3, 0.4) is 0 Å². The van der Waals surface area contributed by atoms with Crippen molar-refractivity contribution in [2.45, 2.75) is 12.5 Å². The van der Waals surface area contributed by atoms with Crippen molar-refractivity contribution in [3.8, 4) is 0 Å². The van der Waals surface area contributed by atoms with Crippen molar-refractivity contribution in [2.24, 2.45) is 0 Å². The van der Waals surface area contributed by atoms with Gasteiger partial charge in [0.25, 0.3) is 0 Å². The summed E-state index contributed by atoms with van der Waals surface area (Å²) < 4.78 is 13.0. The Hall–Kier alpha value is -1.92. The zero-order valence-corrected chi connectivity index (χ0v) is 11.7. The Balaban J connectivity index is 1.89. The lowest BCUT2D eigenvalue weighted by atomic mass is 9.99. The fourth-order valence-electron chi connectivity index (χ4n) is 1.67. The van der Waals surface area contributed by atoms with Crippen LogP contribution in [-0.4, -0.2) is 17.7 Å². The molecule has 2 amide bonds. The Kier molecular flexibility index (Phi) is 4.36. The second-order valence-corrected chi connectivity index (χ2v) is 5.38. The van der Waals surface area contributed by atoms with Crippen LogP contribution in [0.4, 0.5) is 14.9 Å². The molecule has 0 unspecified atom stereocenters. The van der Waals surface area contributed by atoms with Gasteiger partial charge in [-0.05, 0) is 47.5 Å². The highest BCUT2D eigenvalue weighted by molar-refractivity contribution is 7.08. The molecule has 2 rings (SSSR count). The Morgan fingerprint density at radius 3 is 2.90 bits per heavy atom. The topological polar surface area (TPSA) is 61.4 Å². The Morgan fingerprint density at radius 1 is 1.45 bits per heavy atom. The minimum absolute atomic E-state index is 0.0604. The maximum absolute atomic E-state index is 13.0. The number of urea groups is 1. The fraction of sp³-hybridized carbons (Fsp3) is 0.214. The first-order chi connectivity index (χ1) is 9.47. The largest absolute Gasteiger partial charge is 0.384 e. The summed E-state index contributed by atoms with van der Waals surface area (Å²) in [4.78, 5) is 11.7. The standard InChI is InChI=1S/C14H15FN2O2S/c1-14(19,10-5-6-20-8-10)9-16-13(18)17-12-4-2-3-11(15)7-12/h2-8,19H,9H2,1H3,(H2,16,17,18)/t14-/m1/s1. The molecule has 0 bridgehead atoms. The number of carbonyl (C=O) groups excluding carboxylic acids is 1. The third-order valence-electron chi connectivity index (χ3n) is 2.82. The number of hydrogen-bond acceptors (Lipinski definition) is 3. The van der Waals surface area contributed by atoms with Gasteiger partial charge in [0.1, 0.15) is 11.4 Å². The minimum atomic E-state index is -1.14. The molecule has 0 spiro atoms. The van der Waals surface area contributed by atoms with Gasteiger partial charge < -0.3 is 15.7 Å². The van der Waals surface area contributed by atoms with E-state index in [-0.39, 0.29) is 6.54 Å². The number of halogens is 1. The maximum Gasteiger partial charge on any atom is 0.319 e. The van der Waals surface area contributed by atoms with Crippen LogP contribution < -0.4 is 10.6 Å². The summed E-state index contributed by atoms with van der Waals surface area (Å²) in [5.41, 5.74) is -0.0366. The van der Waals surface area contributed by atoms with Crippen LogP contribution in [0.1, 0.15) is 12.5 Å². The van der Waals surface area contributed by atoms with E-state index in [1.807, 2.05) is 10.8 Å². The van der Waals surface area contributed by atoms with Gasteiger partial charge in [0.15, 0.2) is 0 Å². The van der Waals surface area contributed by atoms with Gasteiger partial charge in [-0.1, -0.05) is 6.07 Å². The first-order valence-corrected chi connectivity index (χ1v) is 6.97. The van der Waals surface area contributed by atoms with Crippen LogP contribution in [0.2, 0.25) is 0 Å². The fourth-order valence-corrected chi connectivity index (χ4v) is 2.45. The van der Waals surface area contributed by atoms with E-state index >= 15 is 0 Å². The van der Waals surface area contributed by atoms with Crippen molar-refractivity contribution < 1.29 is 14.3 Å². The lowest BCUT2D eigenvalue weighted by molar-refractivity contribution is 0.0604. The second-order valence-electron chi connectivity index (χ2n) is 4.60.